The minimum absolute atomic E-state index is 0.201. The van der Waals surface area contributed by atoms with Crippen LogP contribution in [0.25, 0.3) is 0 Å². The lowest BCUT2D eigenvalue weighted by Gasteiger charge is -2.33. The van der Waals surface area contributed by atoms with E-state index in [1.54, 1.807) is 37.3 Å². The quantitative estimate of drug-likeness (QED) is 0.878. The summed E-state index contributed by atoms with van der Waals surface area (Å²) in [5.41, 5.74) is 0.474. The summed E-state index contributed by atoms with van der Waals surface area (Å²) in [7, 11) is 0. The first kappa shape index (κ1) is 15.8. The number of carbonyl (C=O) groups is 1. The van der Waals surface area contributed by atoms with E-state index in [4.69, 9.17) is 0 Å². The molecule has 1 aromatic rings. The van der Waals surface area contributed by atoms with Crippen molar-refractivity contribution in [2.45, 2.75) is 25.6 Å². The molecular formula is C15H19F3N2O. The average molecular weight is 300 g/mol. The molecule has 0 saturated carbocycles. The topological polar surface area (TPSA) is 41.1 Å². The number of rotatable bonds is 5. The summed E-state index contributed by atoms with van der Waals surface area (Å²) < 4.78 is 38.2. The Labute approximate surface area is 121 Å². The Kier molecular flexibility index (Phi) is 4.88. The van der Waals surface area contributed by atoms with E-state index in [0.29, 0.717) is 5.56 Å². The zero-order valence-corrected chi connectivity index (χ0v) is 11.8. The molecule has 0 aliphatic carbocycles. The summed E-state index contributed by atoms with van der Waals surface area (Å²) in [5.74, 6) is -0.405. The van der Waals surface area contributed by atoms with Gasteiger partial charge in [-0.3, -0.25) is 4.79 Å². The van der Waals surface area contributed by atoms with E-state index in [2.05, 4.69) is 10.6 Å². The van der Waals surface area contributed by atoms with Crippen molar-refractivity contribution >= 4 is 5.91 Å². The Hall–Kier alpha value is -1.56. The summed E-state index contributed by atoms with van der Waals surface area (Å²) in [6.45, 7) is 3.24. The highest BCUT2D eigenvalue weighted by molar-refractivity contribution is 5.79. The first-order valence-electron chi connectivity index (χ1n) is 6.99. The minimum atomic E-state index is -4.32. The van der Waals surface area contributed by atoms with Crippen molar-refractivity contribution in [3.05, 3.63) is 35.9 Å². The van der Waals surface area contributed by atoms with Crippen LogP contribution in [0.5, 0.6) is 0 Å². The maximum absolute atomic E-state index is 12.7. The van der Waals surface area contributed by atoms with E-state index in [-0.39, 0.29) is 17.7 Å². The molecular weight excluding hydrogens is 281 g/mol. The summed E-state index contributed by atoms with van der Waals surface area (Å²) >= 11 is 0. The Balaban J connectivity index is 2.06. The zero-order chi connectivity index (χ0) is 15.5. The van der Waals surface area contributed by atoms with Gasteiger partial charge in [-0.1, -0.05) is 37.3 Å². The molecule has 2 atom stereocenters. The van der Waals surface area contributed by atoms with Gasteiger partial charge < -0.3 is 10.6 Å². The smallest absolute Gasteiger partial charge is 0.349 e. The molecule has 1 fully saturated rings. The number of alkyl halides is 3. The standard InChI is InChI=1S/C15H19F3N2O/c1-10(12-8-19-9-12)14(21)20-13(7-15(16,17)18)11-5-3-2-4-6-11/h2-6,10,12-13,19H,7-9H2,1H3,(H,20,21). The van der Waals surface area contributed by atoms with Crippen molar-refractivity contribution in [2.24, 2.45) is 11.8 Å². The molecule has 0 radical (unpaired) electrons. The fourth-order valence-corrected chi connectivity index (χ4v) is 2.35. The number of carbonyl (C=O) groups excluding carboxylic acids is 1. The van der Waals surface area contributed by atoms with Crippen LogP contribution < -0.4 is 10.6 Å². The highest BCUT2D eigenvalue weighted by Gasteiger charge is 2.35. The van der Waals surface area contributed by atoms with Crippen LogP contribution in [0.15, 0.2) is 30.3 Å². The van der Waals surface area contributed by atoms with Gasteiger partial charge in [-0.2, -0.15) is 13.2 Å². The summed E-state index contributed by atoms with van der Waals surface area (Å²) in [6.07, 6.45) is -5.38. The number of benzene rings is 1. The molecule has 1 aliphatic rings. The predicted octanol–water partition coefficient (Wildman–Crippen LogP) is 2.65. The van der Waals surface area contributed by atoms with E-state index in [1.165, 1.54) is 0 Å². The number of nitrogens with one attached hydrogen (secondary N) is 2. The second-order valence-corrected chi connectivity index (χ2v) is 5.50. The number of hydrogen-bond acceptors (Lipinski definition) is 2. The maximum atomic E-state index is 12.7. The van der Waals surface area contributed by atoms with Gasteiger partial charge in [0.25, 0.3) is 0 Å². The molecule has 2 unspecified atom stereocenters. The summed E-state index contributed by atoms with van der Waals surface area (Å²) in [4.78, 5) is 12.1. The lowest BCUT2D eigenvalue weighted by atomic mass is 9.88. The third-order valence-electron chi connectivity index (χ3n) is 3.89. The van der Waals surface area contributed by atoms with E-state index < -0.39 is 18.6 Å². The van der Waals surface area contributed by atoms with E-state index in [1.807, 2.05) is 0 Å². The summed E-state index contributed by atoms with van der Waals surface area (Å²) in [6, 6.07) is 7.25. The molecule has 1 aromatic carbocycles. The van der Waals surface area contributed by atoms with Crippen molar-refractivity contribution in [2.75, 3.05) is 13.1 Å². The molecule has 1 heterocycles. The molecule has 2 N–H and O–H groups in total. The SMILES string of the molecule is CC(C(=O)NC(CC(F)(F)F)c1ccccc1)C1CNC1. The second-order valence-electron chi connectivity index (χ2n) is 5.50. The molecule has 1 saturated heterocycles. The van der Waals surface area contributed by atoms with Gasteiger partial charge in [-0.25, -0.2) is 0 Å². The Morgan fingerprint density at radius 1 is 1.33 bits per heavy atom. The van der Waals surface area contributed by atoms with Gasteiger partial charge in [0.2, 0.25) is 5.91 Å². The maximum Gasteiger partial charge on any atom is 0.391 e. The van der Waals surface area contributed by atoms with Crippen LogP contribution in [0.4, 0.5) is 13.2 Å². The van der Waals surface area contributed by atoms with Gasteiger partial charge in [0.15, 0.2) is 0 Å². The Morgan fingerprint density at radius 3 is 2.43 bits per heavy atom. The van der Waals surface area contributed by atoms with Crippen LogP contribution in [-0.4, -0.2) is 25.2 Å². The molecule has 21 heavy (non-hydrogen) atoms. The number of halogens is 3. The minimum Gasteiger partial charge on any atom is -0.349 e. The van der Waals surface area contributed by atoms with Gasteiger partial charge >= 0.3 is 6.18 Å². The van der Waals surface area contributed by atoms with Crippen LogP contribution in [0.3, 0.4) is 0 Å². The van der Waals surface area contributed by atoms with Gasteiger partial charge in [-0.15, -0.1) is 0 Å². The van der Waals surface area contributed by atoms with Gasteiger partial charge in [-0.05, 0) is 24.6 Å². The normalized spacial score (nSPS) is 18.7. The Morgan fingerprint density at radius 2 is 1.95 bits per heavy atom. The zero-order valence-electron chi connectivity index (χ0n) is 11.8. The molecule has 0 spiro atoms. The molecule has 0 aromatic heterocycles. The fraction of sp³-hybridized carbons (Fsp3) is 0.533. The molecule has 1 aliphatic heterocycles. The first-order chi connectivity index (χ1) is 9.87. The average Bonchev–Trinajstić information content (AvgIpc) is 2.35. The highest BCUT2D eigenvalue weighted by Crippen LogP contribution is 2.30. The van der Waals surface area contributed by atoms with E-state index in [9.17, 15) is 18.0 Å². The molecule has 3 nitrogen and oxygen atoms in total. The molecule has 1 amide bonds. The third-order valence-corrected chi connectivity index (χ3v) is 3.89. The lowest BCUT2D eigenvalue weighted by Crippen LogP contribution is -2.50. The van der Waals surface area contributed by atoms with Crippen LogP contribution in [0, 0.1) is 11.8 Å². The van der Waals surface area contributed by atoms with Gasteiger partial charge in [0.1, 0.15) is 0 Å². The van der Waals surface area contributed by atoms with Crippen LogP contribution in [0.1, 0.15) is 24.9 Å². The second kappa shape index (κ2) is 6.47. The number of amides is 1. The monoisotopic (exact) mass is 300 g/mol. The Bertz CT molecular complexity index is 472. The molecule has 0 bridgehead atoms. The van der Waals surface area contributed by atoms with Gasteiger partial charge in [0.05, 0.1) is 12.5 Å². The lowest BCUT2D eigenvalue weighted by molar-refractivity contribution is -0.144. The van der Waals surface area contributed by atoms with Crippen molar-refractivity contribution in [3.8, 4) is 0 Å². The fourth-order valence-electron chi connectivity index (χ4n) is 2.35. The van der Waals surface area contributed by atoms with Crippen molar-refractivity contribution in [1.82, 2.24) is 10.6 Å². The van der Waals surface area contributed by atoms with E-state index >= 15 is 0 Å². The predicted molar refractivity (Wildman–Crippen MR) is 73.5 cm³/mol. The molecule has 116 valence electrons. The van der Waals surface area contributed by atoms with Gasteiger partial charge in [0, 0.05) is 5.92 Å². The number of hydrogen-bond donors (Lipinski definition) is 2. The molecule has 2 rings (SSSR count). The van der Waals surface area contributed by atoms with Crippen LogP contribution in [-0.2, 0) is 4.79 Å². The van der Waals surface area contributed by atoms with Crippen LogP contribution in [0.2, 0.25) is 0 Å². The van der Waals surface area contributed by atoms with Crippen molar-refractivity contribution < 1.29 is 18.0 Å². The summed E-state index contributed by atoms with van der Waals surface area (Å²) in [5, 5.41) is 5.61. The largest absolute Gasteiger partial charge is 0.391 e. The van der Waals surface area contributed by atoms with E-state index in [0.717, 1.165) is 13.1 Å². The molecule has 6 heteroatoms. The van der Waals surface area contributed by atoms with Crippen molar-refractivity contribution in [3.63, 3.8) is 0 Å². The highest BCUT2D eigenvalue weighted by atomic mass is 19.4. The van der Waals surface area contributed by atoms with Crippen LogP contribution >= 0.6 is 0 Å². The third kappa shape index (κ3) is 4.46. The first-order valence-corrected chi connectivity index (χ1v) is 6.99. The van der Waals surface area contributed by atoms with Crippen molar-refractivity contribution in [1.29, 1.82) is 0 Å².